The third-order valence-electron chi connectivity index (χ3n) is 4.23. The Bertz CT molecular complexity index is 486. The van der Waals surface area contributed by atoms with Gasteiger partial charge in [0.1, 0.15) is 6.10 Å². The summed E-state index contributed by atoms with van der Waals surface area (Å²) in [4.78, 5) is 14.5. The Morgan fingerprint density at radius 1 is 1.29 bits per heavy atom. The molecule has 5 heteroatoms. The zero-order chi connectivity index (χ0) is 14.7. The maximum absolute atomic E-state index is 12.6. The van der Waals surface area contributed by atoms with Gasteiger partial charge in [0.25, 0.3) is 0 Å². The number of rotatable bonds is 2. The number of amides is 1. The maximum atomic E-state index is 12.6. The normalized spacial score (nSPS) is 26.6. The van der Waals surface area contributed by atoms with Crippen molar-refractivity contribution in [1.82, 2.24) is 10.2 Å². The van der Waals surface area contributed by atoms with E-state index in [0.29, 0.717) is 19.7 Å². The van der Waals surface area contributed by atoms with E-state index in [2.05, 4.69) is 33.4 Å². The van der Waals surface area contributed by atoms with Crippen LogP contribution in [-0.4, -0.2) is 43.1 Å². The van der Waals surface area contributed by atoms with Crippen molar-refractivity contribution in [2.45, 2.75) is 31.4 Å². The molecule has 0 bridgehead atoms. The highest BCUT2D eigenvalue weighted by molar-refractivity contribution is 9.10. The SMILES string of the molecule is O=C(C1CCCCN1)N1CCOC(c2ccc(Br)cc2)C1. The van der Waals surface area contributed by atoms with Gasteiger partial charge in [0.15, 0.2) is 0 Å². The van der Waals surface area contributed by atoms with Gasteiger partial charge in [0, 0.05) is 11.0 Å². The third-order valence-corrected chi connectivity index (χ3v) is 4.76. The number of hydrogen-bond donors (Lipinski definition) is 1. The second kappa shape index (κ2) is 6.90. The lowest BCUT2D eigenvalue weighted by Gasteiger charge is -2.36. The quantitative estimate of drug-likeness (QED) is 0.888. The minimum atomic E-state index is -0.0145. The second-order valence-electron chi connectivity index (χ2n) is 5.70. The van der Waals surface area contributed by atoms with E-state index in [0.717, 1.165) is 29.4 Å². The molecular weight excluding hydrogens is 332 g/mol. The molecule has 1 N–H and O–H groups in total. The van der Waals surface area contributed by atoms with E-state index in [1.807, 2.05) is 17.0 Å². The van der Waals surface area contributed by atoms with Gasteiger partial charge < -0.3 is 15.0 Å². The summed E-state index contributed by atoms with van der Waals surface area (Å²) in [6.45, 7) is 2.92. The molecule has 0 aromatic heterocycles. The first-order valence-corrected chi connectivity index (χ1v) is 8.42. The Morgan fingerprint density at radius 2 is 2.10 bits per heavy atom. The zero-order valence-electron chi connectivity index (χ0n) is 12.1. The standard InChI is InChI=1S/C16H21BrN2O2/c17-13-6-4-12(5-7-13)15-11-19(9-10-21-15)16(20)14-3-1-2-8-18-14/h4-7,14-15,18H,1-3,8-11H2. The lowest BCUT2D eigenvalue weighted by Crippen LogP contribution is -2.52. The van der Waals surface area contributed by atoms with Crippen LogP contribution in [0, 0.1) is 0 Å². The van der Waals surface area contributed by atoms with Crippen molar-refractivity contribution in [2.75, 3.05) is 26.2 Å². The molecule has 1 amide bonds. The minimum Gasteiger partial charge on any atom is -0.370 e. The number of carbonyl (C=O) groups excluding carboxylic acids is 1. The summed E-state index contributed by atoms with van der Waals surface area (Å²) < 4.78 is 6.90. The number of halogens is 1. The van der Waals surface area contributed by atoms with Gasteiger partial charge in [0.05, 0.1) is 19.2 Å². The van der Waals surface area contributed by atoms with E-state index in [1.54, 1.807) is 0 Å². The molecule has 4 nitrogen and oxygen atoms in total. The predicted octanol–water partition coefficient (Wildman–Crippen LogP) is 2.49. The lowest BCUT2D eigenvalue weighted by molar-refractivity contribution is -0.141. The molecule has 0 saturated carbocycles. The van der Waals surface area contributed by atoms with Crippen LogP contribution in [0.1, 0.15) is 30.9 Å². The first-order valence-electron chi connectivity index (χ1n) is 7.63. The fraction of sp³-hybridized carbons (Fsp3) is 0.562. The van der Waals surface area contributed by atoms with Crippen LogP contribution in [0.4, 0.5) is 0 Å². The largest absolute Gasteiger partial charge is 0.370 e. The molecule has 1 aromatic rings. The van der Waals surface area contributed by atoms with E-state index < -0.39 is 0 Å². The number of benzene rings is 1. The van der Waals surface area contributed by atoms with Gasteiger partial charge in [-0.2, -0.15) is 0 Å². The second-order valence-corrected chi connectivity index (χ2v) is 6.61. The molecule has 1 aromatic carbocycles. The topological polar surface area (TPSA) is 41.6 Å². The van der Waals surface area contributed by atoms with Crippen molar-refractivity contribution in [1.29, 1.82) is 0 Å². The van der Waals surface area contributed by atoms with Crippen LogP contribution in [0.5, 0.6) is 0 Å². The molecule has 2 aliphatic heterocycles. The molecule has 0 spiro atoms. The van der Waals surface area contributed by atoms with Gasteiger partial charge in [-0.3, -0.25) is 4.79 Å². The van der Waals surface area contributed by atoms with Crippen LogP contribution in [0.15, 0.2) is 28.7 Å². The average Bonchev–Trinajstić information content (AvgIpc) is 2.56. The summed E-state index contributed by atoms with van der Waals surface area (Å²) in [6.07, 6.45) is 3.26. The van der Waals surface area contributed by atoms with Crippen molar-refractivity contribution < 1.29 is 9.53 Å². The van der Waals surface area contributed by atoms with Crippen molar-refractivity contribution in [2.24, 2.45) is 0 Å². The fourth-order valence-corrected chi connectivity index (χ4v) is 3.28. The van der Waals surface area contributed by atoms with Crippen LogP contribution in [0.3, 0.4) is 0 Å². The van der Waals surface area contributed by atoms with Gasteiger partial charge in [-0.25, -0.2) is 0 Å². The summed E-state index contributed by atoms with van der Waals surface area (Å²) >= 11 is 3.44. The summed E-state index contributed by atoms with van der Waals surface area (Å²) in [6, 6.07) is 8.15. The number of morpholine rings is 1. The van der Waals surface area contributed by atoms with E-state index in [9.17, 15) is 4.79 Å². The number of nitrogens with one attached hydrogen (secondary N) is 1. The molecule has 2 saturated heterocycles. The molecule has 0 aliphatic carbocycles. The highest BCUT2D eigenvalue weighted by Gasteiger charge is 2.30. The minimum absolute atomic E-state index is 0.00224. The number of nitrogens with zero attached hydrogens (tertiary/aromatic N) is 1. The summed E-state index contributed by atoms with van der Waals surface area (Å²) in [5.41, 5.74) is 1.13. The van der Waals surface area contributed by atoms with Crippen LogP contribution in [-0.2, 0) is 9.53 Å². The van der Waals surface area contributed by atoms with Crippen LogP contribution in [0.25, 0.3) is 0 Å². The van der Waals surface area contributed by atoms with E-state index in [4.69, 9.17) is 4.74 Å². The van der Waals surface area contributed by atoms with Crippen molar-refractivity contribution in [3.05, 3.63) is 34.3 Å². The molecule has 114 valence electrons. The van der Waals surface area contributed by atoms with Gasteiger partial charge in [-0.15, -0.1) is 0 Å². The molecular formula is C16H21BrN2O2. The van der Waals surface area contributed by atoms with Gasteiger partial charge in [-0.05, 0) is 37.1 Å². The van der Waals surface area contributed by atoms with E-state index >= 15 is 0 Å². The molecule has 2 fully saturated rings. The Labute approximate surface area is 134 Å². The first kappa shape index (κ1) is 15.0. The number of hydrogen-bond acceptors (Lipinski definition) is 3. The van der Waals surface area contributed by atoms with Crippen molar-refractivity contribution in [3.63, 3.8) is 0 Å². The van der Waals surface area contributed by atoms with E-state index in [1.165, 1.54) is 6.42 Å². The predicted molar refractivity (Wildman–Crippen MR) is 85.1 cm³/mol. The fourth-order valence-electron chi connectivity index (χ4n) is 3.01. The molecule has 2 unspecified atom stereocenters. The van der Waals surface area contributed by atoms with E-state index in [-0.39, 0.29) is 18.1 Å². The molecule has 2 aliphatic rings. The molecule has 0 radical (unpaired) electrons. The Hall–Kier alpha value is -0.910. The van der Waals surface area contributed by atoms with Gasteiger partial charge in [0.2, 0.25) is 5.91 Å². The zero-order valence-corrected chi connectivity index (χ0v) is 13.6. The third kappa shape index (κ3) is 3.65. The summed E-state index contributed by atoms with van der Waals surface area (Å²) in [5, 5.41) is 3.34. The first-order chi connectivity index (χ1) is 10.2. The number of carbonyl (C=O) groups is 1. The average molecular weight is 353 g/mol. The smallest absolute Gasteiger partial charge is 0.239 e. The summed E-state index contributed by atoms with van der Waals surface area (Å²) in [7, 11) is 0. The molecule has 2 heterocycles. The Kier molecular flexibility index (Phi) is 4.93. The van der Waals surface area contributed by atoms with Gasteiger partial charge >= 0.3 is 0 Å². The molecule has 3 rings (SSSR count). The monoisotopic (exact) mass is 352 g/mol. The van der Waals surface area contributed by atoms with Gasteiger partial charge in [-0.1, -0.05) is 34.5 Å². The Balaban J connectivity index is 1.64. The number of piperidine rings is 1. The number of ether oxygens (including phenoxy) is 1. The highest BCUT2D eigenvalue weighted by Crippen LogP contribution is 2.24. The van der Waals surface area contributed by atoms with Crippen LogP contribution < -0.4 is 5.32 Å². The highest BCUT2D eigenvalue weighted by atomic mass is 79.9. The lowest BCUT2D eigenvalue weighted by atomic mass is 10.0. The molecule has 21 heavy (non-hydrogen) atoms. The Morgan fingerprint density at radius 3 is 2.81 bits per heavy atom. The van der Waals surface area contributed by atoms with Crippen LogP contribution >= 0.6 is 15.9 Å². The van der Waals surface area contributed by atoms with Crippen molar-refractivity contribution in [3.8, 4) is 0 Å². The molecule has 2 atom stereocenters. The van der Waals surface area contributed by atoms with Crippen LogP contribution in [0.2, 0.25) is 0 Å². The van der Waals surface area contributed by atoms with Crippen molar-refractivity contribution >= 4 is 21.8 Å². The summed E-state index contributed by atoms with van der Waals surface area (Å²) in [5.74, 6) is 0.236. The maximum Gasteiger partial charge on any atom is 0.239 e.